The Balaban J connectivity index is 1.62. The molecule has 3 heterocycles. The Morgan fingerprint density at radius 1 is 1.22 bits per heavy atom. The van der Waals surface area contributed by atoms with E-state index in [4.69, 9.17) is 5.84 Å². The van der Waals surface area contributed by atoms with Crippen LogP contribution in [0.3, 0.4) is 0 Å². The zero-order valence-electron chi connectivity index (χ0n) is 10.6. The van der Waals surface area contributed by atoms with Gasteiger partial charge in [-0.15, -0.1) is 0 Å². The van der Waals surface area contributed by atoms with Crippen molar-refractivity contribution in [3.63, 3.8) is 0 Å². The van der Waals surface area contributed by atoms with Crippen LogP contribution in [0.2, 0.25) is 0 Å². The third-order valence-corrected chi connectivity index (χ3v) is 4.07. The summed E-state index contributed by atoms with van der Waals surface area (Å²) >= 11 is 0. The van der Waals surface area contributed by atoms with Crippen molar-refractivity contribution < 1.29 is 0 Å². The van der Waals surface area contributed by atoms with Gasteiger partial charge in [-0.25, -0.2) is 10.8 Å². The van der Waals surface area contributed by atoms with Crippen molar-refractivity contribution in [2.45, 2.75) is 37.8 Å². The Morgan fingerprint density at radius 3 is 3.00 bits per heavy atom. The van der Waals surface area contributed by atoms with Gasteiger partial charge in [0.05, 0.1) is 0 Å². The maximum atomic E-state index is 5.37. The fourth-order valence-corrected chi connectivity index (χ4v) is 3.16. The number of rotatable bonds is 3. The topological polar surface area (TPSA) is 66.2 Å². The number of anilines is 2. The highest BCUT2D eigenvalue weighted by atomic mass is 15.3. The lowest BCUT2D eigenvalue weighted by atomic mass is 9.97. The van der Waals surface area contributed by atoms with Crippen molar-refractivity contribution in [2.75, 3.05) is 23.8 Å². The van der Waals surface area contributed by atoms with Gasteiger partial charge in [0.15, 0.2) is 0 Å². The molecule has 2 aliphatic rings. The number of nitrogen functional groups attached to an aromatic ring is 1. The molecule has 0 spiro atoms. The monoisotopic (exact) mass is 247 g/mol. The Morgan fingerprint density at radius 2 is 2.11 bits per heavy atom. The lowest BCUT2D eigenvalue weighted by molar-refractivity contribution is 0.188. The Bertz CT molecular complexity index is 408. The number of aromatic nitrogens is 1. The summed E-state index contributed by atoms with van der Waals surface area (Å²) in [5.41, 5.74) is 2.58. The number of piperidine rings is 1. The summed E-state index contributed by atoms with van der Waals surface area (Å²) in [5.74, 6) is 7.00. The summed E-state index contributed by atoms with van der Waals surface area (Å²) in [6.45, 7) is 2.51. The molecule has 0 radical (unpaired) electrons. The fraction of sp³-hybridized carbons (Fsp3) is 0.615. The van der Waals surface area contributed by atoms with Crippen molar-refractivity contribution in [1.29, 1.82) is 0 Å². The molecular formula is C13H21N5. The van der Waals surface area contributed by atoms with E-state index in [1.807, 2.05) is 18.2 Å². The lowest BCUT2D eigenvalue weighted by Crippen LogP contribution is -2.42. The normalized spacial score (nSPS) is 27.8. The molecule has 4 N–H and O–H groups in total. The first-order chi connectivity index (χ1) is 8.85. The molecule has 2 saturated heterocycles. The van der Waals surface area contributed by atoms with Gasteiger partial charge < -0.3 is 15.6 Å². The van der Waals surface area contributed by atoms with Crippen LogP contribution in [0.4, 0.5) is 11.6 Å². The minimum atomic E-state index is 0.546. The number of hydrogen-bond donors (Lipinski definition) is 3. The van der Waals surface area contributed by atoms with Crippen LogP contribution in [0.25, 0.3) is 0 Å². The van der Waals surface area contributed by atoms with Crippen molar-refractivity contribution in [2.24, 2.45) is 5.84 Å². The molecule has 3 rings (SSSR count). The molecular weight excluding hydrogens is 226 g/mol. The van der Waals surface area contributed by atoms with E-state index in [-0.39, 0.29) is 0 Å². The van der Waals surface area contributed by atoms with Gasteiger partial charge in [-0.1, -0.05) is 6.07 Å². The van der Waals surface area contributed by atoms with E-state index in [2.05, 4.69) is 20.6 Å². The maximum absolute atomic E-state index is 5.37. The highest BCUT2D eigenvalue weighted by Gasteiger charge is 2.31. The van der Waals surface area contributed by atoms with Gasteiger partial charge in [0, 0.05) is 18.6 Å². The van der Waals surface area contributed by atoms with Crippen LogP contribution in [0.15, 0.2) is 18.2 Å². The number of hydrazine groups is 1. The van der Waals surface area contributed by atoms with Gasteiger partial charge in [0.2, 0.25) is 0 Å². The molecule has 5 nitrogen and oxygen atoms in total. The highest BCUT2D eigenvalue weighted by Crippen LogP contribution is 2.28. The van der Waals surface area contributed by atoms with Crippen molar-refractivity contribution >= 4 is 11.6 Å². The molecule has 2 unspecified atom stereocenters. The molecule has 0 aromatic carbocycles. The molecule has 98 valence electrons. The van der Waals surface area contributed by atoms with E-state index in [0.717, 1.165) is 11.9 Å². The smallest absolute Gasteiger partial charge is 0.142 e. The Labute approximate surface area is 108 Å². The maximum Gasteiger partial charge on any atom is 0.142 e. The molecule has 0 saturated carbocycles. The zero-order valence-corrected chi connectivity index (χ0v) is 10.6. The third kappa shape index (κ3) is 2.42. The first-order valence-electron chi connectivity index (χ1n) is 6.79. The van der Waals surface area contributed by atoms with Gasteiger partial charge in [-0.2, -0.15) is 0 Å². The standard InChI is InChI=1S/C13H21N5/c14-17-13-5-1-4-12(16-13)15-10-6-8-18-7-2-3-11(18)9-10/h1,4-5,10-11H,2-3,6-9,14H2,(H2,15,16,17). The van der Waals surface area contributed by atoms with E-state index in [1.165, 1.54) is 38.8 Å². The number of nitrogens with two attached hydrogens (primary N) is 1. The minimum Gasteiger partial charge on any atom is -0.367 e. The number of fused-ring (bicyclic) bond motifs is 1. The van der Waals surface area contributed by atoms with Crippen molar-refractivity contribution in [3.05, 3.63) is 18.2 Å². The van der Waals surface area contributed by atoms with Crippen LogP contribution in [0.5, 0.6) is 0 Å². The summed E-state index contributed by atoms with van der Waals surface area (Å²) in [6, 6.07) is 7.17. The highest BCUT2D eigenvalue weighted by molar-refractivity contribution is 5.44. The summed E-state index contributed by atoms with van der Waals surface area (Å²) in [7, 11) is 0. The third-order valence-electron chi connectivity index (χ3n) is 4.07. The SMILES string of the molecule is NNc1cccc(NC2CCN3CCCC3C2)n1. The van der Waals surface area contributed by atoms with E-state index in [0.29, 0.717) is 11.9 Å². The quantitative estimate of drug-likeness (QED) is 0.556. The van der Waals surface area contributed by atoms with E-state index in [9.17, 15) is 0 Å². The Kier molecular flexibility index (Phi) is 3.34. The van der Waals surface area contributed by atoms with Gasteiger partial charge in [-0.3, -0.25) is 0 Å². The molecule has 1 aromatic heterocycles. The molecule has 5 heteroatoms. The molecule has 2 aliphatic heterocycles. The average Bonchev–Trinajstić information content (AvgIpc) is 2.86. The van der Waals surface area contributed by atoms with Crippen LogP contribution in [0, 0.1) is 0 Å². The molecule has 0 aliphatic carbocycles. The summed E-state index contributed by atoms with van der Waals surface area (Å²) in [5, 5.41) is 3.53. The minimum absolute atomic E-state index is 0.546. The largest absolute Gasteiger partial charge is 0.367 e. The van der Waals surface area contributed by atoms with Crippen LogP contribution >= 0.6 is 0 Å². The second-order valence-corrected chi connectivity index (χ2v) is 5.25. The molecule has 0 bridgehead atoms. The fourth-order valence-electron chi connectivity index (χ4n) is 3.16. The zero-order chi connectivity index (χ0) is 12.4. The van der Waals surface area contributed by atoms with Crippen molar-refractivity contribution in [1.82, 2.24) is 9.88 Å². The van der Waals surface area contributed by atoms with Gasteiger partial charge in [-0.05, 0) is 44.4 Å². The van der Waals surface area contributed by atoms with Crippen LogP contribution in [-0.2, 0) is 0 Å². The molecule has 18 heavy (non-hydrogen) atoms. The van der Waals surface area contributed by atoms with Crippen LogP contribution in [0.1, 0.15) is 25.7 Å². The number of nitrogens with one attached hydrogen (secondary N) is 2. The summed E-state index contributed by atoms with van der Waals surface area (Å²) in [4.78, 5) is 7.04. The molecule has 1 aromatic rings. The average molecular weight is 247 g/mol. The Hall–Kier alpha value is -1.33. The predicted molar refractivity (Wildman–Crippen MR) is 73.3 cm³/mol. The molecule has 2 atom stereocenters. The first kappa shape index (κ1) is 11.7. The summed E-state index contributed by atoms with van der Waals surface area (Å²) in [6.07, 6.45) is 5.17. The van der Waals surface area contributed by atoms with Crippen LogP contribution in [-0.4, -0.2) is 35.1 Å². The molecule has 2 fully saturated rings. The number of pyridine rings is 1. The lowest BCUT2D eigenvalue weighted by Gasteiger charge is -2.35. The predicted octanol–water partition coefficient (Wildman–Crippen LogP) is 1.41. The summed E-state index contributed by atoms with van der Waals surface area (Å²) < 4.78 is 0. The van der Waals surface area contributed by atoms with E-state index in [1.54, 1.807) is 0 Å². The number of hydrogen-bond acceptors (Lipinski definition) is 5. The second-order valence-electron chi connectivity index (χ2n) is 5.25. The van der Waals surface area contributed by atoms with Crippen LogP contribution < -0.4 is 16.6 Å². The molecule has 0 amide bonds. The van der Waals surface area contributed by atoms with Crippen molar-refractivity contribution in [3.8, 4) is 0 Å². The van der Waals surface area contributed by atoms with Gasteiger partial charge in [0.25, 0.3) is 0 Å². The van der Waals surface area contributed by atoms with E-state index >= 15 is 0 Å². The second kappa shape index (κ2) is 5.12. The van der Waals surface area contributed by atoms with Gasteiger partial charge in [0.1, 0.15) is 11.6 Å². The first-order valence-corrected chi connectivity index (χ1v) is 6.79. The van der Waals surface area contributed by atoms with E-state index < -0.39 is 0 Å². The number of nitrogens with zero attached hydrogens (tertiary/aromatic N) is 2. The van der Waals surface area contributed by atoms with Gasteiger partial charge >= 0.3 is 0 Å².